The maximum absolute atomic E-state index is 6.45. The lowest BCUT2D eigenvalue weighted by molar-refractivity contribution is 0.669. The van der Waals surface area contributed by atoms with Gasteiger partial charge in [0.05, 0.1) is 45.2 Å². The third kappa shape index (κ3) is 5.09. The van der Waals surface area contributed by atoms with Gasteiger partial charge in [-0.25, -0.2) is 15.0 Å². The van der Waals surface area contributed by atoms with Gasteiger partial charge in [0.25, 0.3) is 0 Å². The maximum Gasteiger partial charge on any atom is 0.136 e. The van der Waals surface area contributed by atoms with Crippen LogP contribution in [0.1, 0.15) is 0 Å². The van der Waals surface area contributed by atoms with Crippen molar-refractivity contribution >= 4 is 43.7 Å². The van der Waals surface area contributed by atoms with Crippen LogP contribution in [0.4, 0.5) is 0 Å². The topological polar surface area (TPSA) is 77.6 Å². The second kappa shape index (κ2) is 11.8. The molecule has 0 spiro atoms. The van der Waals surface area contributed by atoms with Crippen molar-refractivity contribution in [3.8, 4) is 56.4 Å². The molecule has 0 radical (unpaired) electrons. The zero-order valence-corrected chi connectivity index (χ0v) is 27.2. The first-order chi connectivity index (χ1) is 25.2. The average molecular weight is 654 g/mol. The van der Waals surface area contributed by atoms with Crippen LogP contribution in [0.25, 0.3) is 100 Å². The van der Waals surface area contributed by atoms with Gasteiger partial charge in [-0.15, -0.1) is 0 Å². The minimum absolute atomic E-state index is 0.774. The number of benzene rings is 4. The second-order valence-electron chi connectivity index (χ2n) is 12.5. The Morgan fingerprint density at radius 3 is 1.65 bits per heavy atom. The molecule has 6 heterocycles. The quantitative estimate of drug-likeness (QED) is 0.172. The van der Waals surface area contributed by atoms with Crippen LogP contribution in [0.2, 0.25) is 0 Å². The Kier molecular flexibility index (Phi) is 6.70. The third-order valence-corrected chi connectivity index (χ3v) is 9.37. The number of aromatic nitrogens is 5. The molecule has 0 saturated heterocycles. The highest BCUT2D eigenvalue weighted by Gasteiger charge is 2.17. The molecule has 6 aromatic heterocycles. The number of nitrogens with zero attached hydrogens (tertiary/aromatic N) is 5. The molecule has 0 aliphatic carbocycles. The number of hydrogen-bond acceptors (Lipinski definition) is 6. The van der Waals surface area contributed by atoms with Crippen LogP contribution < -0.4 is 0 Å². The largest absolute Gasteiger partial charge is 0.456 e. The standard InChI is InChI=1S/C45H27N5O/c1-2-9-28(10-3-1)35-20-17-29-15-16-30-18-21-36(50-45(30)44(29)49-35)31-19-22-41-34(25-31)43-33(11-8-14-42(43)51-41)32-26-39(37-12-4-6-23-46-37)48-40(27-32)38-13-5-7-24-47-38/h1-27H. The van der Waals surface area contributed by atoms with Gasteiger partial charge in [0.2, 0.25) is 0 Å². The third-order valence-electron chi connectivity index (χ3n) is 9.37. The normalized spacial score (nSPS) is 11.5. The van der Waals surface area contributed by atoms with Crippen LogP contribution >= 0.6 is 0 Å². The summed E-state index contributed by atoms with van der Waals surface area (Å²) in [6, 6.07) is 51.3. The molecular weight excluding hydrogens is 627 g/mol. The number of rotatable bonds is 5. The second-order valence-corrected chi connectivity index (χ2v) is 12.5. The molecule has 0 bridgehead atoms. The summed E-state index contributed by atoms with van der Waals surface area (Å²) in [4.78, 5) is 24.6. The fraction of sp³-hybridized carbons (Fsp3) is 0. The first-order valence-corrected chi connectivity index (χ1v) is 16.8. The molecule has 0 atom stereocenters. The average Bonchev–Trinajstić information content (AvgIpc) is 3.59. The van der Waals surface area contributed by atoms with Crippen LogP contribution in [0.3, 0.4) is 0 Å². The monoisotopic (exact) mass is 653 g/mol. The van der Waals surface area contributed by atoms with Crippen molar-refractivity contribution in [1.82, 2.24) is 24.9 Å². The van der Waals surface area contributed by atoms with E-state index >= 15 is 0 Å². The highest BCUT2D eigenvalue weighted by atomic mass is 16.3. The van der Waals surface area contributed by atoms with Crippen LogP contribution in [0, 0.1) is 0 Å². The van der Waals surface area contributed by atoms with E-state index in [9.17, 15) is 0 Å². The molecule has 10 aromatic rings. The number of pyridine rings is 5. The maximum atomic E-state index is 6.45. The molecule has 0 aliphatic heterocycles. The van der Waals surface area contributed by atoms with E-state index in [0.29, 0.717) is 0 Å². The smallest absolute Gasteiger partial charge is 0.136 e. The van der Waals surface area contributed by atoms with E-state index in [0.717, 1.165) is 100 Å². The number of furan rings is 1. The van der Waals surface area contributed by atoms with E-state index in [1.165, 1.54) is 0 Å². The lowest BCUT2D eigenvalue weighted by atomic mass is 9.97. The van der Waals surface area contributed by atoms with E-state index < -0.39 is 0 Å². The summed E-state index contributed by atoms with van der Waals surface area (Å²) in [5, 5.41) is 4.14. The molecule has 6 heteroatoms. The molecule has 0 N–H and O–H groups in total. The minimum atomic E-state index is 0.774. The Labute approximate surface area is 292 Å². The summed E-state index contributed by atoms with van der Waals surface area (Å²) in [7, 11) is 0. The summed E-state index contributed by atoms with van der Waals surface area (Å²) in [5.74, 6) is 0. The molecular formula is C45H27N5O. The Hall–Kier alpha value is -7.05. The van der Waals surface area contributed by atoms with Crippen LogP contribution in [-0.2, 0) is 0 Å². The fourth-order valence-electron chi connectivity index (χ4n) is 6.90. The first-order valence-electron chi connectivity index (χ1n) is 16.8. The van der Waals surface area contributed by atoms with Crippen LogP contribution in [-0.4, -0.2) is 24.9 Å². The lowest BCUT2D eigenvalue weighted by Crippen LogP contribution is -1.94. The van der Waals surface area contributed by atoms with Crippen LogP contribution in [0.5, 0.6) is 0 Å². The van der Waals surface area contributed by atoms with Crippen molar-refractivity contribution in [2.45, 2.75) is 0 Å². The zero-order valence-electron chi connectivity index (χ0n) is 27.2. The summed E-state index contributed by atoms with van der Waals surface area (Å²) < 4.78 is 6.45. The van der Waals surface area contributed by atoms with E-state index in [1.807, 2.05) is 72.8 Å². The summed E-state index contributed by atoms with van der Waals surface area (Å²) in [6.07, 6.45) is 3.58. The van der Waals surface area contributed by atoms with Crippen molar-refractivity contribution in [2.75, 3.05) is 0 Å². The predicted molar refractivity (Wildman–Crippen MR) is 205 cm³/mol. The Morgan fingerprint density at radius 1 is 0.373 bits per heavy atom. The van der Waals surface area contributed by atoms with E-state index in [-0.39, 0.29) is 0 Å². The van der Waals surface area contributed by atoms with Gasteiger partial charge in [0, 0.05) is 45.1 Å². The highest BCUT2D eigenvalue weighted by Crippen LogP contribution is 2.40. The van der Waals surface area contributed by atoms with E-state index in [1.54, 1.807) is 12.4 Å². The van der Waals surface area contributed by atoms with Gasteiger partial charge in [-0.2, -0.15) is 0 Å². The Balaban J connectivity index is 1.15. The van der Waals surface area contributed by atoms with Gasteiger partial charge in [-0.05, 0) is 83.9 Å². The summed E-state index contributed by atoms with van der Waals surface area (Å²) in [6.45, 7) is 0. The molecule has 51 heavy (non-hydrogen) atoms. The first kappa shape index (κ1) is 28.9. The van der Waals surface area contributed by atoms with Crippen molar-refractivity contribution in [3.63, 3.8) is 0 Å². The van der Waals surface area contributed by atoms with Crippen LogP contribution in [0.15, 0.2) is 168 Å². The summed E-state index contributed by atoms with van der Waals surface area (Å²) >= 11 is 0. The van der Waals surface area contributed by atoms with Gasteiger partial charge in [-0.1, -0.05) is 78.9 Å². The van der Waals surface area contributed by atoms with Crippen molar-refractivity contribution in [1.29, 1.82) is 0 Å². The SMILES string of the molecule is c1ccc(-c2ccc3ccc4ccc(-c5ccc6oc7cccc(-c8cc(-c9ccccn9)nc(-c9ccccn9)c8)c7c6c5)nc4c3n2)cc1. The highest BCUT2D eigenvalue weighted by molar-refractivity contribution is 6.13. The van der Waals surface area contributed by atoms with Crippen molar-refractivity contribution in [3.05, 3.63) is 164 Å². The predicted octanol–water partition coefficient (Wildman–Crippen LogP) is 11.2. The van der Waals surface area contributed by atoms with Gasteiger partial charge in [0.1, 0.15) is 11.2 Å². The number of fused-ring (bicyclic) bond motifs is 6. The molecule has 10 rings (SSSR count). The van der Waals surface area contributed by atoms with E-state index in [2.05, 4.69) is 88.8 Å². The molecule has 0 saturated carbocycles. The van der Waals surface area contributed by atoms with Crippen molar-refractivity contribution < 1.29 is 4.42 Å². The molecule has 0 amide bonds. The minimum Gasteiger partial charge on any atom is -0.456 e. The van der Waals surface area contributed by atoms with Gasteiger partial charge < -0.3 is 4.42 Å². The molecule has 238 valence electrons. The molecule has 0 fully saturated rings. The summed E-state index contributed by atoms with van der Waals surface area (Å²) in [5.41, 5.74) is 12.4. The fourth-order valence-corrected chi connectivity index (χ4v) is 6.90. The van der Waals surface area contributed by atoms with Gasteiger partial charge >= 0.3 is 0 Å². The molecule has 6 nitrogen and oxygen atoms in total. The molecule has 4 aromatic carbocycles. The molecule has 0 aliphatic rings. The molecule has 0 unspecified atom stereocenters. The zero-order chi connectivity index (χ0) is 33.7. The Morgan fingerprint density at radius 2 is 1.00 bits per heavy atom. The van der Waals surface area contributed by atoms with E-state index in [4.69, 9.17) is 19.4 Å². The van der Waals surface area contributed by atoms with Crippen molar-refractivity contribution in [2.24, 2.45) is 0 Å². The number of hydrogen-bond donors (Lipinski definition) is 0. The van der Waals surface area contributed by atoms with Gasteiger partial charge in [-0.3, -0.25) is 9.97 Å². The Bertz CT molecular complexity index is 2850. The lowest BCUT2D eigenvalue weighted by Gasteiger charge is -2.10. The van der Waals surface area contributed by atoms with Gasteiger partial charge in [0.15, 0.2) is 0 Å².